The molecule has 0 aliphatic carbocycles. The summed E-state index contributed by atoms with van der Waals surface area (Å²) in [6.45, 7) is 6.56. The maximum absolute atomic E-state index is 12.9. The summed E-state index contributed by atoms with van der Waals surface area (Å²) in [5.41, 5.74) is 11.0. The molecule has 88 heavy (non-hydrogen) atoms. The summed E-state index contributed by atoms with van der Waals surface area (Å²) >= 11 is 8.53. The molecule has 7 aromatic rings. The number of ether oxygens (including phenoxy) is 2. The molecule has 0 atom stereocenters. The topological polar surface area (TPSA) is 463 Å². The normalized spacial score (nSPS) is 12.0. The Morgan fingerprint density at radius 1 is 0.614 bits per heavy atom. The first-order chi connectivity index (χ1) is 41.2. The predicted molar refractivity (Wildman–Crippen MR) is 325 cm³/mol. The first-order valence-electron chi connectivity index (χ1n) is 24.9. The number of primary amides is 1. The van der Waals surface area contributed by atoms with Gasteiger partial charge in [-0.15, -0.1) is 69.2 Å². The second-order valence-electron chi connectivity index (χ2n) is 18.1. The fourth-order valence-electron chi connectivity index (χ4n) is 7.64. The van der Waals surface area contributed by atoms with Gasteiger partial charge in [0.2, 0.25) is 5.88 Å². The minimum atomic E-state index is -4.34. The van der Waals surface area contributed by atoms with E-state index in [1.54, 1.807) is 86.6 Å². The summed E-state index contributed by atoms with van der Waals surface area (Å²) in [4.78, 5) is 18.5. The van der Waals surface area contributed by atoms with Crippen LogP contribution in [0.4, 0.5) is 45.5 Å². The zero-order valence-corrected chi connectivity index (χ0v) is 53.0. The molecule has 0 spiro atoms. The van der Waals surface area contributed by atoms with E-state index in [9.17, 15) is 48.8 Å². The van der Waals surface area contributed by atoms with E-state index < -0.39 is 80.6 Å². The molecule has 0 bridgehead atoms. The standard InChI is InChI=1S/C50H52ClN11O13S5.2O3S/c1-28-21-39(58-61-47-31(4)46(48(52)63)49-53-38-24-34(74-5)13-14-42(38)62(49)50(47)64)43(75-15-6-18-78(65,66)67)25-35(28)56-59-40-23-30(3)37(27-45(40)77-17-8-20-80(71,72)73)57-60-41-22-29(2)36(55-54-33-11-9-32(51)10-12-33)26-44(41)76-16-7-19-79(68,69)70;2*1-4(2)3/h9-14,21-27,64H,6-8,15-20H2,1-5H3,(H2,52,63)(H,65,66,67)(H,68,69,70)(H,71,72,73);;. The second-order valence-corrected chi connectivity index (χ2v) is 26.4. The van der Waals surface area contributed by atoms with Crippen molar-refractivity contribution in [3.05, 3.63) is 112 Å². The number of halogens is 1. The Labute approximate surface area is 519 Å². The number of rotatable bonds is 25. The van der Waals surface area contributed by atoms with Gasteiger partial charge in [-0.25, -0.2) is 4.98 Å². The molecule has 2 heterocycles. The quantitative estimate of drug-likeness (QED) is 0.0154. The van der Waals surface area contributed by atoms with Crippen molar-refractivity contribution in [3.63, 3.8) is 0 Å². The lowest BCUT2D eigenvalue weighted by Gasteiger charge is -2.13. The van der Waals surface area contributed by atoms with Gasteiger partial charge in [-0.1, -0.05) is 11.6 Å². The number of carbonyl (C=O) groups is 1. The molecule has 0 radical (unpaired) electrons. The van der Waals surface area contributed by atoms with Crippen LogP contribution in [0.1, 0.15) is 51.9 Å². The second kappa shape index (κ2) is 32.0. The third-order valence-electron chi connectivity index (χ3n) is 11.6. The van der Waals surface area contributed by atoms with Gasteiger partial charge in [-0.3, -0.25) is 22.9 Å². The van der Waals surface area contributed by atoms with Crippen molar-refractivity contribution in [2.24, 2.45) is 46.6 Å². The van der Waals surface area contributed by atoms with Gasteiger partial charge in [0.05, 0.1) is 81.7 Å². The van der Waals surface area contributed by atoms with Crippen LogP contribution < -0.4 is 15.2 Å². The highest BCUT2D eigenvalue weighted by atomic mass is 35.5. The van der Waals surface area contributed by atoms with Gasteiger partial charge in [0.15, 0.2) is 5.65 Å². The first-order valence-corrected chi connectivity index (χ1v) is 34.1. The van der Waals surface area contributed by atoms with E-state index in [1.807, 2.05) is 6.92 Å². The highest BCUT2D eigenvalue weighted by Gasteiger charge is 2.25. The van der Waals surface area contributed by atoms with Gasteiger partial charge in [0, 0.05) is 26.9 Å². The number of benzene rings is 5. The summed E-state index contributed by atoms with van der Waals surface area (Å²) in [5, 5.41) is 48.1. The maximum Gasteiger partial charge on any atom is 0.425 e. The van der Waals surface area contributed by atoms with Gasteiger partial charge in [-0.2, -0.15) is 45.7 Å². The summed E-state index contributed by atoms with van der Waals surface area (Å²) in [6, 6.07) is 21.6. The zero-order valence-electron chi connectivity index (χ0n) is 46.6. The van der Waals surface area contributed by atoms with Crippen molar-refractivity contribution in [3.8, 4) is 17.4 Å². The Hall–Kier alpha value is -7.72. The van der Waals surface area contributed by atoms with E-state index in [4.69, 9.17) is 52.1 Å². The number of hydrogen-bond acceptors (Lipinski definition) is 27. The number of aromatic hydroxyl groups is 1. The van der Waals surface area contributed by atoms with E-state index in [0.29, 0.717) is 76.7 Å². The molecular formula is C50H52ClN11O19S7. The molecule has 5 aromatic carbocycles. The Morgan fingerprint density at radius 3 is 1.53 bits per heavy atom. The molecule has 6 N–H and O–H groups in total. The number of carbonyl (C=O) groups excluding carboxylic acids is 1. The number of azo groups is 4. The van der Waals surface area contributed by atoms with E-state index in [-0.39, 0.29) is 77.0 Å². The number of nitrogens with two attached hydrogens (primary N) is 1. The summed E-state index contributed by atoms with van der Waals surface area (Å²) in [7, 11) is -17.5. The zero-order chi connectivity index (χ0) is 65.3. The van der Waals surface area contributed by atoms with Gasteiger partial charge in [-0.05, 0) is 147 Å². The van der Waals surface area contributed by atoms with Gasteiger partial charge >= 0.3 is 21.2 Å². The molecule has 7 rings (SSSR count). The van der Waals surface area contributed by atoms with Crippen LogP contribution in [0.5, 0.6) is 17.4 Å². The minimum Gasteiger partial charge on any atom is -0.497 e. The predicted octanol–water partition coefficient (Wildman–Crippen LogP) is 11.2. The molecule has 2 aromatic heterocycles. The maximum atomic E-state index is 12.9. The van der Waals surface area contributed by atoms with Crippen LogP contribution in [-0.4, -0.2) is 127 Å². The average Bonchev–Trinajstić information content (AvgIpc) is 1.63. The molecule has 1 amide bonds. The number of fused-ring (bicyclic) bond motifs is 3. The molecule has 0 saturated heterocycles. The number of aryl methyl sites for hydroxylation is 3. The Balaban J connectivity index is 0.00000166. The molecule has 0 aliphatic rings. The SMILES string of the molecule is COc1ccc2c(c1)nc1c(C(N)=O)c(C)c(N=Nc3cc(C)c(N=Nc4cc(C)c(N=Nc5cc(C)c(N=Nc6ccc(Cl)cc6)cc5SCCCS(=O)(=O)O)cc4SCCCS(=O)(=O)O)cc3OCCCS(=O)(=O)O)c(O)n12.O=S(=O)=O.O=S(=O)=O. The number of amides is 1. The Morgan fingerprint density at radius 2 is 1.06 bits per heavy atom. The van der Waals surface area contributed by atoms with Crippen molar-refractivity contribution in [1.82, 2.24) is 9.38 Å². The van der Waals surface area contributed by atoms with Gasteiger partial charge in [0.1, 0.15) is 22.9 Å². The molecule has 0 unspecified atom stereocenters. The lowest BCUT2D eigenvalue weighted by Crippen LogP contribution is -2.15. The average molecular weight is 1370 g/mol. The van der Waals surface area contributed by atoms with Gasteiger partial charge < -0.3 is 20.3 Å². The number of methoxy groups -OCH3 is 1. The lowest BCUT2D eigenvalue weighted by molar-refractivity contribution is 0.100. The van der Waals surface area contributed by atoms with E-state index in [2.05, 4.69) is 45.9 Å². The third kappa shape index (κ3) is 22.1. The molecule has 38 heteroatoms. The first kappa shape index (κ1) is 71.0. The molecule has 30 nitrogen and oxygen atoms in total. The van der Waals surface area contributed by atoms with Crippen molar-refractivity contribution in [1.29, 1.82) is 0 Å². The van der Waals surface area contributed by atoms with Crippen LogP contribution in [0.25, 0.3) is 16.7 Å². The Kier molecular flexibility index (Phi) is 25.8. The minimum absolute atomic E-state index is 0.0317. The van der Waals surface area contributed by atoms with Crippen molar-refractivity contribution < 1.29 is 83.5 Å². The van der Waals surface area contributed by atoms with Crippen LogP contribution in [0.2, 0.25) is 5.02 Å². The molecular weight excluding hydrogens is 1320 g/mol. The number of hydrogen-bond donors (Lipinski definition) is 5. The van der Waals surface area contributed by atoms with Crippen molar-refractivity contribution in [2.75, 3.05) is 42.5 Å². The number of imidazole rings is 1. The smallest absolute Gasteiger partial charge is 0.425 e. The van der Waals surface area contributed by atoms with E-state index >= 15 is 0 Å². The number of thioether (sulfide) groups is 2. The monoisotopic (exact) mass is 1370 g/mol. The van der Waals surface area contributed by atoms with Crippen LogP contribution in [-0.2, 0) is 51.6 Å². The number of nitrogens with zero attached hydrogens (tertiary/aromatic N) is 10. The molecule has 0 saturated carbocycles. The van der Waals surface area contributed by atoms with Crippen LogP contribution in [0.3, 0.4) is 0 Å². The number of pyridine rings is 1. The summed E-state index contributed by atoms with van der Waals surface area (Å²) in [6.07, 6.45) is 0.0756. The fraction of sp³-hybridized carbons (Fsp3) is 0.280. The van der Waals surface area contributed by atoms with E-state index in [0.717, 1.165) is 0 Å². The van der Waals surface area contributed by atoms with Crippen molar-refractivity contribution in [2.45, 2.75) is 56.7 Å². The summed E-state index contributed by atoms with van der Waals surface area (Å²) in [5.74, 6) is -1.80. The fourth-order valence-corrected chi connectivity index (χ4v) is 11.5. The van der Waals surface area contributed by atoms with Crippen LogP contribution in [0, 0.1) is 27.7 Å². The van der Waals surface area contributed by atoms with E-state index in [1.165, 1.54) is 48.0 Å². The third-order valence-corrected chi connectivity index (χ3v) is 16.5. The molecule has 0 aliphatic heterocycles. The highest BCUT2D eigenvalue weighted by Crippen LogP contribution is 2.44. The van der Waals surface area contributed by atoms with Gasteiger partial charge in [0.25, 0.3) is 36.3 Å². The van der Waals surface area contributed by atoms with Crippen LogP contribution in [0.15, 0.2) is 130 Å². The lowest BCUT2D eigenvalue weighted by atomic mass is 10.1. The summed E-state index contributed by atoms with van der Waals surface area (Å²) < 4.78 is 161. The molecule has 0 fully saturated rings. The largest absolute Gasteiger partial charge is 0.497 e. The Bertz CT molecular complexity index is 4460. The highest BCUT2D eigenvalue weighted by molar-refractivity contribution is 7.99. The number of aromatic nitrogens is 2. The van der Waals surface area contributed by atoms with Crippen LogP contribution >= 0.6 is 35.1 Å². The molecule has 470 valence electrons. The van der Waals surface area contributed by atoms with Crippen molar-refractivity contribution >= 4 is 155 Å².